The number of rotatable bonds is 3. The SMILES string of the molecule is O=C1CCOc2cc(-c3cccc(-c4cc(N5CCNCC5)no4)c3O)ccc2N1. The van der Waals surface area contributed by atoms with Gasteiger partial charge in [-0.3, -0.25) is 4.79 Å². The number of hydrogen-bond acceptors (Lipinski definition) is 7. The number of phenolic OH excluding ortho intramolecular Hbond substituents is 1. The van der Waals surface area contributed by atoms with Gasteiger partial charge in [-0.1, -0.05) is 23.4 Å². The molecule has 0 radical (unpaired) electrons. The number of phenols is 1. The van der Waals surface area contributed by atoms with Crippen LogP contribution in [0.2, 0.25) is 0 Å². The van der Waals surface area contributed by atoms with Gasteiger partial charge in [0, 0.05) is 37.8 Å². The van der Waals surface area contributed by atoms with E-state index in [1.54, 1.807) is 12.1 Å². The highest BCUT2D eigenvalue weighted by atomic mass is 16.5. The monoisotopic (exact) mass is 406 g/mol. The molecule has 2 aliphatic rings. The Bertz CT molecular complexity index is 1090. The number of para-hydroxylation sites is 1. The Kier molecular flexibility index (Phi) is 4.76. The predicted molar refractivity (Wildman–Crippen MR) is 113 cm³/mol. The van der Waals surface area contributed by atoms with Crippen molar-refractivity contribution in [2.45, 2.75) is 6.42 Å². The Morgan fingerprint density at radius 3 is 2.77 bits per heavy atom. The van der Waals surface area contributed by atoms with Crippen molar-refractivity contribution in [3.8, 4) is 33.9 Å². The van der Waals surface area contributed by atoms with E-state index in [2.05, 4.69) is 20.7 Å². The van der Waals surface area contributed by atoms with E-state index in [1.807, 2.05) is 30.3 Å². The summed E-state index contributed by atoms with van der Waals surface area (Å²) in [5.74, 6) is 1.91. The molecule has 1 saturated heterocycles. The number of anilines is 2. The predicted octanol–water partition coefficient (Wildman–Crippen LogP) is 2.84. The minimum absolute atomic E-state index is 0.0723. The van der Waals surface area contributed by atoms with E-state index in [4.69, 9.17) is 9.26 Å². The van der Waals surface area contributed by atoms with Gasteiger partial charge in [0.2, 0.25) is 5.91 Å². The van der Waals surface area contributed by atoms with Crippen molar-refractivity contribution in [2.24, 2.45) is 0 Å². The average Bonchev–Trinajstić information content (AvgIpc) is 3.18. The van der Waals surface area contributed by atoms with Crippen molar-refractivity contribution in [1.29, 1.82) is 0 Å². The molecule has 2 aromatic carbocycles. The van der Waals surface area contributed by atoms with Gasteiger partial charge in [0.1, 0.15) is 11.5 Å². The topological polar surface area (TPSA) is 99.9 Å². The minimum Gasteiger partial charge on any atom is -0.507 e. The number of aromatic nitrogens is 1. The molecule has 1 aromatic heterocycles. The first-order chi connectivity index (χ1) is 14.7. The summed E-state index contributed by atoms with van der Waals surface area (Å²) in [5, 5.41) is 21.3. The van der Waals surface area contributed by atoms with E-state index in [-0.39, 0.29) is 11.7 Å². The normalized spacial score (nSPS) is 16.4. The molecule has 3 N–H and O–H groups in total. The van der Waals surface area contributed by atoms with Crippen LogP contribution in [0.15, 0.2) is 47.0 Å². The molecule has 1 amide bonds. The lowest BCUT2D eigenvalue weighted by Crippen LogP contribution is -2.43. The second-order valence-electron chi connectivity index (χ2n) is 7.35. The number of benzene rings is 2. The van der Waals surface area contributed by atoms with Crippen molar-refractivity contribution in [3.63, 3.8) is 0 Å². The molecular formula is C22H22N4O4. The van der Waals surface area contributed by atoms with Crippen LogP contribution in [0, 0.1) is 0 Å². The van der Waals surface area contributed by atoms with Gasteiger partial charge < -0.3 is 29.9 Å². The van der Waals surface area contributed by atoms with Gasteiger partial charge in [0.25, 0.3) is 0 Å². The number of nitrogens with one attached hydrogen (secondary N) is 2. The molecule has 0 unspecified atom stereocenters. The molecule has 0 saturated carbocycles. The fourth-order valence-electron chi connectivity index (χ4n) is 3.79. The molecule has 30 heavy (non-hydrogen) atoms. The lowest BCUT2D eigenvalue weighted by atomic mass is 9.99. The van der Waals surface area contributed by atoms with Gasteiger partial charge in [0.05, 0.1) is 24.3 Å². The summed E-state index contributed by atoms with van der Waals surface area (Å²) >= 11 is 0. The third kappa shape index (κ3) is 3.46. The maximum Gasteiger partial charge on any atom is 0.227 e. The highest BCUT2D eigenvalue weighted by molar-refractivity contribution is 5.94. The summed E-state index contributed by atoms with van der Waals surface area (Å²) in [5.41, 5.74) is 2.64. The van der Waals surface area contributed by atoms with Crippen LogP contribution in [0.1, 0.15) is 6.42 Å². The Balaban J connectivity index is 1.48. The quantitative estimate of drug-likeness (QED) is 0.615. The van der Waals surface area contributed by atoms with Gasteiger partial charge in [-0.2, -0.15) is 0 Å². The third-order valence-electron chi connectivity index (χ3n) is 5.39. The first-order valence-corrected chi connectivity index (χ1v) is 10.0. The smallest absolute Gasteiger partial charge is 0.227 e. The first-order valence-electron chi connectivity index (χ1n) is 10.0. The van der Waals surface area contributed by atoms with Crippen LogP contribution in [0.4, 0.5) is 11.5 Å². The first kappa shape index (κ1) is 18.5. The summed E-state index contributed by atoms with van der Waals surface area (Å²) in [6.07, 6.45) is 0.311. The van der Waals surface area contributed by atoms with E-state index >= 15 is 0 Å². The van der Waals surface area contributed by atoms with E-state index in [0.717, 1.165) is 37.6 Å². The molecule has 8 nitrogen and oxygen atoms in total. The number of amides is 1. The molecule has 3 heterocycles. The van der Waals surface area contributed by atoms with Crippen LogP contribution in [-0.2, 0) is 4.79 Å². The van der Waals surface area contributed by atoms with Crippen LogP contribution >= 0.6 is 0 Å². The van der Waals surface area contributed by atoms with Crippen molar-refractivity contribution in [3.05, 3.63) is 42.5 Å². The Labute approximate surface area is 173 Å². The standard InChI is InChI=1S/C22H22N4O4/c27-21-6-11-29-19-12-14(4-5-17(19)24-21)15-2-1-3-16(22(15)28)18-13-20(25-30-18)26-9-7-23-8-10-26/h1-5,12-13,23,28H,6-11H2,(H,24,27). The molecule has 0 spiro atoms. The Hall–Kier alpha value is -3.52. The van der Waals surface area contributed by atoms with Crippen molar-refractivity contribution in [1.82, 2.24) is 10.5 Å². The molecule has 0 aliphatic carbocycles. The second-order valence-corrected chi connectivity index (χ2v) is 7.35. The number of carbonyl (C=O) groups excluding carboxylic acids is 1. The van der Waals surface area contributed by atoms with Crippen molar-refractivity contribution >= 4 is 17.4 Å². The van der Waals surface area contributed by atoms with Gasteiger partial charge in [-0.15, -0.1) is 0 Å². The summed E-state index contributed by atoms with van der Waals surface area (Å²) < 4.78 is 11.3. The lowest BCUT2D eigenvalue weighted by Gasteiger charge is -2.26. The lowest BCUT2D eigenvalue weighted by molar-refractivity contribution is -0.116. The highest BCUT2D eigenvalue weighted by Crippen LogP contribution is 2.41. The number of nitrogens with zero attached hydrogens (tertiary/aromatic N) is 2. The summed E-state index contributed by atoms with van der Waals surface area (Å²) in [4.78, 5) is 13.9. The number of piperazine rings is 1. The van der Waals surface area contributed by atoms with Gasteiger partial charge in [-0.25, -0.2) is 0 Å². The second kappa shape index (κ2) is 7.72. The maximum absolute atomic E-state index is 11.7. The molecule has 0 bridgehead atoms. The largest absolute Gasteiger partial charge is 0.507 e. The molecule has 8 heteroatoms. The molecule has 3 aromatic rings. The van der Waals surface area contributed by atoms with Crippen LogP contribution in [0.3, 0.4) is 0 Å². The molecule has 5 rings (SSSR count). The molecule has 2 aliphatic heterocycles. The molecule has 1 fully saturated rings. The zero-order chi connectivity index (χ0) is 20.5. The maximum atomic E-state index is 11.7. The molecule has 0 atom stereocenters. The highest BCUT2D eigenvalue weighted by Gasteiger charge is 2.20. The van der Waals surface area contributed by atoms with E-state index in [9.17, 15) is 9.90 Å². The minimum atomic E-state index is -0.0723. The fourth-order valence-corrected chi connectivity index (χ4v) is 3.79. The van der Waals surface area contributed by atoms with Gasteiger partial charge in [0.15, 0.2) is 11.6 Å². The zero-order valence-electron chi connectivity index (χ0n) is 16.4. The number of aromatic hydroxyl groups is 1. The van der Waals surface area contributed by atoms with Crippen molar-refractivity contribution in [2.75, 3.05) is 43.0 Å². The van der Waals surface area contributed by atoms with Crippen LogP contribution in [-0.4, -0.2) is 49.0 Å². The van der Waals surface area contributed by atoms with Gasteiger partial charge >= 0.3 is 0 Å². The summed E-state index contributed by atoms with van der Waals surface area (Å²) in [6.45, 7) is 3.86. The Morgan fingerprint density at radius 2 is 1.90 bits per heavy atom. The van der Waals surface area contributed by atoms with Gasteiger partial charge in [-0.05, 0) is 23.8 Å². The number of fused-ring (bicyclic) bond motifs is 1. The average molecular weight is 406 g/mol. The van der Waals surface area contributed by atoms with E-state index < -0.39 is 0 Å². The van der Waals surface area contributed by atoms with Crippen molar-refractivity contribution < 1.29 is 19.2 Å². The fraction of sp³-hybridized carbons (Fsp3) is 0.273. The molecule has 154 valence electrons. The Morgan fingerprint density at radius 1 is 1.07 bits per heavy atom. The summed E-state index contributed by atoms with van der Waals surface area (Å²) in [7, 11) is 0. The number of carbonyl (C=O) groups is 1. The third-order valence-corrected chi connectivity index (χ3v) is 5.39. The number of hydrogen-bond donors (Lipinski definition) is 3. The zero-order valence-corrected chi connectivity index (χ0v) is 16.4. The van der Waals surface area contributed by atoms with E-state index in [0.29, 0.717) is 41.4 Å². The number of ether oxygens (including phenoxy) is 1. The van der Waals surface area contributed by atoms with E-state index in [1.165, 1.54) is 0 Å². The van der Waals surface area contributed by atoms with Crippen LogP contribution in [0.5, 0.6) is 11.5 Å². The summed E-state index contributed by atoms with van der Waals surface area (Å²) in [6, 6.07) is 12.8. The van der Waals surface area contributed by atoms with Crippen LogP contribution in [0.25, 0.3) is 22.5 Å². The molecular weight excluding hydrogens is 384 g/mol. The van der Waals surface area contributed by atoms with Crippen LogP contribution < -0.4 is 20.3 Å².